The number of aromatic nitrogens is 3. The van der Waals surface area contributed by atoms with Gasteiger partial charge in [-0.1, -0.05) is 17.2 Å². The van der Waals surface area contributed by atoms with Crippen molar-refractivity contribution >= 4 is 97.5 Å². The van der Waals surface area contributed by atoms with E-state index in [0.29, 0.717) is 5.39 Å². The van der Waals surface area contributed by atoms with Gasteiger partial charge in [0.25, 0.3) is 0 Å². The van der Waals surface area contributed by atoms with E-state index in [1.165, 1.54) is 31.7 Å². The predicted octanol–water partition coefficient (Wildman–Crippen LogP) is 1.36. The summed E-state index contributed by atoms with van der Waals surface area (Å²) < 4.78 is 38.3. The fourth-order valence-electron chi connectivity index (χ4n) is 8.45. The largest absolute Gasteiger partial charge is 0.508 e. The first kappa shape index (κ1) is 33.7. The van der Waals surface area contributed by atoms with Gasteiger partial charge in [-0.05, 0) is 73.0 Å². The number of fused-ring (bicyclic) bond motifs is 4. The molecule has 0 amide bonds. The summed E-state index contributed by atoms with van der Waals surface area (Å²) in [6, 6.07) is 4.91. The van der Waals surface area contributed by atoms with E-state index >= 15 is 4.39 Å². The maximum Gasteiger partial charge on any atom is 0.319 e. The number of piperidine rings is 1. The van der Waals surface area contributed by atoms with Crippen molar-refractivity contribution in [1.29, 1.82) is 0 Å². The molecule has 7 nitrogen and oxygen atoms in total. The second kappa shape index (κ2) is 10.6. The molecule has 50 heavy (non-hydrogen) atoms. The topological polar surface area (TPSA) is 74.6 Å². The lowest BCUT2D eigenvalue weighted by Crippen LogP contribution is -2.75. The molecule has 2 aromatic carbocycles. The first-order chi connectivity index (χ1) is 23.4. The standard InChI is InChI=1S/C32H21B9F2N5O2/c1-2-17-20(42)6-5-15-11-16(49)12-18(21(15)17)23-22(43)24-19(13-44-23)25(46-26(45-24)50-14-27-7-3-9-47(27)10-4-8-27)48-31(37,38)28(33,34)29(35)30(36,41-29)32(48,39)40/h1,5-6,11-13,49H,3-4,7-10,14H2. The summed E-state index contributed by atoms with van der Waals surface area (Å²) in [6.45, 7) is 2.06. The average molecular weight is 643 g/mol. The Morgan fingerprint density at radius 3 is 2.34 bits per heavy atom. The lowest BCUT2D eigenvalue weighted by Gasteiger charge is -2.70. The van der Waals surface area contributed by atoms with E-state index < -0.39 is 38.0 Å². The van der Waals surface area contributed by atoms with Crippen LogP contribution in [0.25, 0.3) is 32.9 Å². The van der Waals surface area contributed by atoms with E-state index in [1.807, 2.05) is 0 Å². The summed E-state index contributed by atoms with van der Waals surface area (Å²) in [7, 11) is 54.3. The number of halogens is 2. The van der Waals surface area contributed by atoms with Crippen LogP contribution in [0.4, 0.5) is 14.6 Å². The Labute approximate surface area is 300 Å². The Morgan fingerprint density at radius 1 is 0.960 bits per heavy atom. The first-order valence-electron chi connectivity index (χ1n) is 16.1. The molecular weight excluding hydrogens is 622 g/mol. The number of rotatable bonds is 5. The molecule has 4 fully saturated rings. The highest BCUT2D eigenvalue weighted by molar-refractivity contribution is 6.89. The van der Waals surface area contributed by atoms with Crippen LogP contribution < -0.4 is 9.64 Å². The molecule has 4 aromatic rings. The fraction of sp³-hybridized carbons (Fsp3) is 0.406. The van der Waals surface area contributed by atoms with Crippen LogP contribution in [-0.4, -0.2) is 131 Å². The van der Waals surface area contributed by atoms with Crippen LogP contribution in [0.5, 0.6) is 11.8 Å². The zero-order chi connectivity index (χ0) is 35.8. The van der Waals surface area contributed by atoms with E-state index in [-0.39, 0.29) is 62.8 Å². The van der Waals surface area contributed by atoms with Crippen molar-refractivity contribution in [1.82, 2.24) is 19.9 Å². The van der Waals surface area contributed by atoms with Gasteiger partial charge in [0.1, 0.15) is 42.5 Å². The minimum absolute atomic E-state index is 0.00206. The zero-order valence-corrected chi connectivity index (χ0v) is 27.0. The SMILES string of the molecule is [B]C1([B])N(c2nc(OCC34CCCN3CCC4)nc3c(F)c(-c4cc(O)cc5ccc(F)c(C#C)c45)ncc23)C([B])([B])C2([B])[B]C2([B])C1([B])[B]. The van der Waals surface area contributed by atoms with E-state index in [0.717, 1.165) is 49.7 Å². The molecule has 8 rings (SSSR count). The van der Waals surface area contributed by atoms with Gasteiger partial charge in [0.15, 0.2) is 5.82 Å². The van der Waals surface area contributed by atoms with Crippen molar-refractivity contribution in [3.63, 3.8) is 0 Å². The van der Waals surface area contributed by atoms with Crippen LogP contribution in [0, 0.1) is 24.0 Å². The normalized spacial score (nSPS) is 26.9. The summed E-state index contributed by atoms with van der Waals surface area (Å²) in [5, 5.41) is 0.826. The van der Waals surface area contributed by atoms with Gasteiger partial charge in [-0.3, -0.25) is 9.88 Å². The number of pyridine rings is 1. The van der Waals surface area contributed by atoms with Crippen molar-refractivity contribution in [3.05, 3.63) is 47.7 Å². The molecular formula is C32H21B9F2N5O2. The maximum atomic E-state index is 17.1. The number of terminal acetylenes is 1. The van der Waals surface area contributed by atoms with Gasteiger partial charge in [0.05, 0.1) is 79.3 Å². The summed E-state index contributed by atoms with van der Waals surface area (Å²) in [5.74, 6) is 0.114. The molecule has 2 atom stereocenters. The average Bonchev–Trinajstić information content (AvgIpc) is 3.31. The second-order valence-electron chi connectivity index (χ2n) is 14.1. The maximum absolute atomic E-state index is 17.1. The van der Waals surface area contributed by atoms with Crippen LogP contribution in [0.1, 0.15) is 31.2 Å². The van der Waals surface area contributed by atoms with Gasteiger partial charge in [0.2, 0.25) is 0 Å². The Morgan fingerprint density at radius 2 is 1.66 bits per heavy atom. The molecule has 4 saturated heterocycles. The lowest BCUT2D eigenvalue weighted by atomic mass is 9.20. The summed E-state index contributed by atoms with van der Waals surface area (Å²) in [6.07, 6.45) is 10.7. The summed E-state index contributed by atoms with van der Waals surface area (Å²) in [5.41, 5.74) is -1.04. The minimum Gasteiger partial charge on any atom is -0.508 e. The molecule has 17 radical (unpaired) electrons. The van der Waals surface area contributed by atoms with E-state index in [2.05, 4.69) is 25.8 Å². The van der Waals surface area contributed by atoms with Gasteiger partial charge >= 0.3 is 6.01 Å². The number of hydrogen-bond donors (Lipinski definition) is 1. The first-order valence-corrected chi connectivity index (χ1v) is 16.1. The molecule has 0 saturated carbocycles. The van der Waals surface area contributed by atoms with Gasteiger partial charge in [0, 0.05) is 17.1 Å². The molecule has 18 heteroatoms. The highest BCUT2D eigenvalue weighted by atomic mass is 19.1. The Bertz CT molecular complexity index is 2180. The van der Waals surface area contributed by atoms with Crippen molar-refractivity contribution in [2.45, 2.75) is 57.5 Å². The Hall–Kier alpha value is -3.45. The van der Waals surface area contributed by atoms with Gasteiger partial charge in [-0.15, -0.1) is 16.9 Å². The van der Waals surface area contributed by atoms with Crippen molar-refractivity contribution < 1.29 is 18.6 Å². The smallest absolute Gasteiger partial charge is 0.319 e. The van der Waals surface area contributed by atoms with Crippen molar-refractivity contribution in [2.24, 2.45) is 0 Å². The third-order valence-corrected chi connectivity index (χ3v) is 11.4. The third-order valence-electron chi connectivity index (χ3n) is 11.4. The molecule has 0 aliphatic carbocycles. The van der Waals surface area contributed by atoms with E-state index in [1.54, 1.807) is 0 Å². The molecule has 0 bridgehead atoms. The molecule has 2 aromatic heterocycles. The van der Waals surface area contributed by atoms with Crippen molar-refractivity contribution in [2.75, 3.05) is 24.6 Å². The third kappa shape index (κ3) is 4.16. The molecule has 2 unspecified atom stereocenters. The molecule has 6 heterocycles. The molecule has 227 valence electrons. The number of aromatic hydroxyl groups is 1. The zero-order valence-electron chi connectivity index (χ0n) is 27.0. The number of hydrogen-bond acceptors (Lipinski definition) is 7. The highest BCUT2D eigenvalue weighted by Crippen LogP contribution is 2.83. The Kier molecular flexibility index (Phi) is 7.11. The van der Waals surface area contributed by atoms with Gasteiger partial charge in [-0.25, -0.2) is 8.78 Å². The summed E-state index contributed by atoms with van der Waals surface area (Å²) in [4.78, 5) is 16.8. The monoisotopic (exact) mass is 644 g/mol. The van der Waals surface area contributed by atoms with Gasteiger partial charge in [-0.2, -0.15) is 9.97 Å². The lowest BCUT2D eigenvalue weighted by molar-refractivity contribution is 0.108. The van der Waals surface area contributed by atoms with E-state index in [4.69, 9.17) is 73.9 Å². The van der Waals surface area contributed by atoms with E-state index in [9.17, 15) is 9.50 Å². The molecule has 1 N–H and O–H groups in total. The molecule has 0 spiro atoms. The molecule has 4 aliphatic heterocycles. The number of benzene rings is 2. The number of phenolic OH excluding ortho intramolecular Hbond substituents is 1. The fourth-order valence-corrected chi connectivity index (χ4v) is 8.45. The summed E-state index contributed by atoms with van der Waals surface area (Å²) >= 11 is 0. The number of nitrogens with zero attached hydrogens (tertiary/aromatic N) is 5. The van der Waals surface area contributed by atoms with Crippen LogP contribution in [0.3, 0.4) is 0 Å². The quantitative estimate of drug-likeness (QED) is 0.261. The number of phenols is 1. The van der Waals surface area contributed by atoms with Crippen LogP contribution in [-0.2, 0) is 0 Å². The predicted molar refractivity (Wildman–Crippen MR) is 196 cm³/mol. The van der Waals surface area contributed by atoms with Crippen LogP contribution >= 0.6 is 0 Å². The number of ether oxygens (including phenoxy) is 1. The molecule has 4 aliphatic rings. The second-order valence-corrected chi connectivity index (χ2v) is 14.1. The van der Waals surface area contributed by atoms with Crippen LogP contribution in [0.2, 0.25) is 15.6 Å². The van der Waals surface area contributed by atoms with Crippen molar-refractivity contribution in [3.8, 4) is 35.4 Å². The van der Waals surface area contributed by atoms with Gasteiger partial charge < -0.3 is 14.7 Å². The Balaban J connectivity index is 1.37. The van der Waals surface area contributed by atoms with Crippen LogP contribution in [0.15, 0.2) is 30.5 Å². The highest BCUT2D eigenvalue weighted by Gasteiger charge is 2.78. The minimum atomic E-state index is -2.36. The number of anilines is 1.